The predicted octanol–water partition coefficient (Wildman–Crippen LogP) is 4.22. The fourth-order valence-corrected chi connectivity index (χ4v) is 3.37. The Hall–Kier alpha value is -2.53. The van der Waals surface area contributed by atoms with Crippen molar-refractivity contribution in [2.24, 2.45) is 0 Å². The van der Waals surface area contributed by atoms with Gasteiger partial charge in [0, 0.05) is 20.2 Å². The summed E-state index contributed by atoms with van der Waals surface area (Å²) in [5.74, 6) is 0.369. The number of nitrogens with one attached hydrogen (secondary N) is 3. The lowest BCUT2D eigenvalue weighted by molar-refractivity contribution is 0.102. The van der Waals surface area contributed by atoms with Gasteiger partial charge in [-0.3, -0.25) is 4.79 Å². The second-order valence-corrected chi connectivity index (χ2v) is 6.81. The van der Waals surface area contributed by atoms with Crippen molar-refractivity contribution in [2.75, 3.05) is 42.8 Å². The Labute approximate surface area is 155 Å². The van der Waals surface area contributed by atoms with Crippen LogP contribution in [-0.4, -0.2) is 32.7 Å². The van der Waals surface area contributed by atoms with Gasteiger partial charge in [-0.05, 0) is 48.6 Å². The highest BCUT2D eigenvalue weighted by molar-refractivity contribution is 6.10. The van der Waals surface area contributed by atoms with Crippen molar-refractivity contribution in [3.05, 3.63) is 53.1 Å². The first-order valence-electron chi connectivity index (χ1n) is 9.11. The molecule has 3 N–H and O–H groups in total. The highest BCUT2D eigenvalue weighted by atomic mass is 16.5. The first kappa shape index (κ1) is 18.3. The van der Waals surface area contributed by atoms with E-state index in [-0.39, 0.29) is 5.91 Å². The van der Waals surface area contributed by atoms with Crippen LogP contribution >= 0.6 is 0 Å². The van der Waals surface area contributed by atoms with Crippen LogP contribution in [-0.2, 0) is 4.74 Å². The molecule has 0 radical (unpaired) electrons. The number of rotatable bonds is 6. The van der Waals surface area contributed by atoms with Gasteiger partial charge in [-0.15, -0.1) is 0 Å². The molecule has 0 saturated carbocycles. The molecule has 0 saturated heterocycles. The fraction of sp³-hybridized carbons (Fsp3) is 0.381. The summed E-state index contributed by atoms with van der Waals surface area (Å²) in [6.07, 6.45) is 1.09. The molecule has 1 unspecified atom stereocenters. The van der Waals surface area contributed by atoms with Crippen molar-refractivity contribution in [1.29, 1.82) is 0 Å². The average Bonchev–Trinajstić information content (AvgIpc) is 2.63. The molecule has 5 nitrogen and oxygen atoms in total. The summed E-state index contributed by atoms with van der Waals surface area (Å²) >= 11 is 0. The molecule has 2 aromatic carbocycles. The predicted molar refractivity (Wildman–Crippen MR) is 107 cm³/mol. The third-order valence-electron chi connectivity index (χ3n) is 4.76. The number of para-hydroxylation sites is 2. The molecule has 1 amide bonds. The van der Waals surface area contributed by atoms with E-state index in [1.807, 2.05) is 37.3 Å². The maximum atomic E-state index is 13.0. The number of amides is 1. The summed E-state index contributed by atoms with van der Waals surface area (Å²) in [6, 6.07) is 11.9. The fourth-order valence-electron chi connectivity index (χ4n) is 3.37. The van der Waals surface area contributed by atoms with Gasteiger partial charge in [0.2, 0.25) is 0 Å². The van der Waals surface area contributed by atoms with Gasteiger partial charge < -0.3 is 20.7 Å². The zero-order chi connectivity index (χ0) is 18.5. The summed E-state index contributed by atoms with van der Waals surface area (Å²) in [5.41, 5.74) is 5.67. The molecule has 1 aliphatic rings. The Morgan fingerprint density at radius 2 is 2.04 bits per heavy atom. The molecule has 26 heavy (non-hydrogen) atoms. The Morgan fingerprint density at radius 3 is 2.81 bits per heavy atom. The molecule has 1 heterocycles. The van der Waals surface area contributed by atoms with Crippen LogP contribution < -0.4 is 16.0 Å². The SMILES string of the molecule is COCCNc1ccccc1NC(=O)c1cc(C)cc2c1NCCC2C. The van der Waals surface area contributed by atoms with Gasteiger partial charge in [-0.2, -0.15) is 0 Å². The first-order chi connectivity index (χ1) is 12.6. The molecule has 0 spiro atoms. The normalized spacial score (nSPS) is 15.7. The summed E-state index contributed by atoms with van der Waals surface area (Å²) in [5, 5.41) is 9.78. The van der Waals surface area contributed by atoms with E-state index in [4.69, 9.17) is 4.74 Å². The van der Waals surface area contributed by atoms with Crippen LogP contribution in [0.3, 0.4) is 0 Å². The minimum atomic E-state index is -0.0902. The quantitative estimate of drug-likeness (QED) is 0.680. The minimum Gasteiger partial charge on any atom is -0.384 e. The molecule has 0 aliphatic carbocycles. The Bertz CT molecular complexity index is 789. The first-order valence-corrected chi connectivity index (χ1v) is 9.11. The van der Waals surface area contributed by atoms with E-state index < -0.39 is 0 Å². The Morgan fingerprint density at radius 1 is 1.27 bits per heavy atom. The third-order valence-corrected chi connectivity index (χ3v) is 4.76. The van der Waals surface area contributed by atoms with Crippen LogP contribution in [0.1, 0.15) is 40.7 Å². The molecule has 1 aliphatic heterocycles. The third kappa shape index (κ3) is 3.99. The molecule has 1 atom stereocenters. The smallest absolute Gasteiger partial charge is 0.257 e. The van der Waals surface area contributed by atoms with Gasteiger partial charge >= 0.3 is 0 Å². The van der Waals surface area contributed by atoms with Crippen molar-refractivity contribution >= 4 is 23.0 Å². The molecule has 5 heteroatoms. The van der Waals surface area contributed by atoms with Gasteiger partial charge in [0.1, 0.15) is 0 Å². The summed E-state index contributed by atoms with van der Waals surface area (Å²) in [6.45, 7) is 6.44. The number of carbonyl (C=O) groups excluding carboxylic acids is 1. The van der Waals surface area contributed by atoms with Crippen LogP contribution in [0.4, 0.5) is 17.1 Å². The van der Waals surface area contributed by atoms with Gasteiger partial charge in [0.15, 0.2) is 0 Å². The van der Waals surface area contributed by atoms with Crippen molar-refractivity contribution < 1.29 is 9.53 Å². The van der Waals surface area contributed by atoms with Gasteiger partial charge in [-0.25, -0.2) is 0 Å². The number of hydrogen-bond donors (Lipinski definition) is 3. The number of hydrogen-bond acceptors (Lipinski definition) is 4. The second kappa shape index (κ2) is 8.23. The molecule has 0 fully saturated rings. The van der Waals surface area contributed by atoms with E-state index in [0.29, 0.717) is 24.6 Å². The lowest BCUT2D eigenvalue weighted by Crippen LogP contribution is -2.22. The summed E-state index contributed by atoms with van der Waals surface area (Å²) in [4.78, 5) is 13.0. The second-order valence-electron chi connectivity index (χ2n) is 6.81. The van der Waals surface area contributed by atoms with E-state index in [0.717, 1.165) is 35.6 Å². The largest absolute Gasteiger partial charge is 0.384 e. The summed E-state index contributed by atoms with van der Waals surface area (Å²) < 4.78 is 5.08. The van der Waals surface area contributed by atoms with Crippen LogP contribution in [0.15, 0.2) is 36.4 Å². The lowest BCUT2D eigenvalue weighted by atomic mass is 9.89. The number of carbonyl (C=O) groups is 1. The van der Waals surface area contributed by atoms with Gasteiger partial charge in [-0.1, -0.05) is 25.1 Å². The number of methoxy groups -OCH3 is 1. The average molecular weight is 353 g/mol. The van der Waals surface area contributed by atoms with E-state index >= 15 is 0 Å². The molecular formula is C21H27N3O2. The molecule has 2 aromatic rings. The molecular weight excluding hydrogens is 326 g/mol. The van der Waals surface area contributed by atoms with Crippen molar-refractivity contribution in [3.63, 3.8) is 0 Å². The van der Waals surface area contributed by atoms with Crippen molar-refractivity contribution in [3.8, 4) is 0 Å². The van der Waals surface area contributed by atoms with Crippen LogP contribution in [0, 0.1) is 6.92 Å². The van der Waals surface area contributed by atoms with E-state index in [1.165, 1.54) is 5.56 Å². The monoisotopic (exact) mass is 353 g/mol. The van der Waals surface area contributed by atoms with Crippen LogP contribution in [0.2, 0.25) is 0 Å². The van der Waals surface area contributed by atoms with E-state index in [1.54, 1.807) is 7.11 Å². The highest BCUT2D eigenvalue weighted by Crippen LogP contribution is 2.35. The van der Waals surface area contributed by atoms with Crippen molar-refractivity contribution in [1.82, 2.24) is 0 Å². The maximum absolute atomic E-state index is 13.0. The zero-order valence-corrected chi connectivity index (χ0v) is 15.7. The Kier molecular flexibility index (Phi) is 5.78. The number of ether oxygens (including phenoxy) is 1. The standard InChI is InChI=1S/C21H27N3O2/c1-14-12-16-15(2)8-9-23-20(16)17(13-14)21(25)24-19-7-5-4-6-18(19)22-10-11-26-3/h4-7,12-13,15,22-23H,8-11H2,1-3H3,(H,24,25). The number of aryl methyl sites for hydroxylation is 1. The summed E-state index contributed by atoms with van der Waals surface area (Å²) in [7, 11) is 1.67. The minimum absolute atomic E-state index is 0.0902. The maximum Gasteiger partial charge on any atom is 0.257 e. The lowest BCUT2D eigenvalue weighted by Gasteiger charge is -2.26. The number of anilines is 3. The number of benzene rings is 2. The molecule has 3 rings (SSSR count). The zero-order valence-electron chi connectivity index (χ0n) is 15.7. The van der Waals surface area contributed by atoms with E-state index in [2.05, 4.69) is 28.9 Å². The van der Waals surface area contributed by atoms with Gasteiger partial charge in [0.05, 0.1) is 29.2 Å². The highest BCUT2D eigenvalue weighted by Gasteiger charge is 2.23. The number of fused-ring (bicyclic) bond motifs is 1. The Balaban J connectivity index is 1.85. The van der Waals surface area contributed by atoms with Crippen LogP contribution in [0.5, 0.6) is 0 Å². The molecule has 0 aromatic heterocycles. The van der Waals surface area contributed by atoms with Gasteiger partial charge in [0.25, 0.3) is 5.91 Å². The van der Waals surface area contributed by atoms with Crippen LogP contribution in [0.25, 0.3) is 0 Å². The van der Waals surface area contributed by atoms with E-state index in [9.17, 15) is 4.79 Å². The topological polar surface area (TPSA) is 62.4 Å². The molecule has 138 valence electrons. The van der Waals surface area contributed by atoms with Crippen molar-refractivity contribution in [2.45, 2.75) is 26.2 Å². The molecule has 0 bridgehead atoms.